The van der Waals surface area contributed by atoms with Gasteiger partial charge in [-0.25, -0.2) is 9.97 Å². The second kappa shape index (κ2) is 6.35. The highest BCUT2D eigenvalue weighted by atomic mass is 15.1. The van der Waals surface area contributed by atoms with E-state index in [0.717, 1.165) is 49.3 Å². The Morgan fingerprint density at radius 3 is 2.77 bits per heavy atom. The monoisotopic (exact) mass is 297 g/mol. The van der Waals surface area contributed by atoms with Crippen molar-refractivity contribution < 1.29 is 0 Å². The zero-order chi connectivity index (χ0) is 15.5. The normalized spacial score (nSPS) is 21.7. The fourth-order valence-electron chi connectivity index (χ4n) is 3.58. The summed E-state index contributed by atoms with van der Waals surface area (Å²) in [6, 6.07) is 4.92. The molecule has 0 aromatic carbocycles. The predicted octanol–water partition coefficient (Wildman–Crippen LogP) is 3.68. The van der Waals surface area contributed by atoms with Crippen LogP contribution in [-0.2, 0) is 6.42 Å². The van der Waals surface area contributed by atoms with Gasteiger partial charge in [0.1, 0.15) is 17.2 Å². The smallest absolute Gasteiger partial charge is 0.127 e. The van der Waals surface area contributed by atoms with Gasteiger partial charge in [-0.3, -0.25) is 0 Å². The molecule has 0 radical (unpaired) electrons. The summed E-state index contributed by atoms with van der Waals surface area (Å²) in [7, 11) is 1.89. The zero-order valence-corrected chi connectivity index (χ0v) is 13.3. The van der Waals surface area contributed by atoms with Crippen molar-refractivity contribution in [3.05, 3.63) is 18.1 Å². The number of anilines is 1. The van der Waals surface area contributed by atoms with Crippen LogP contribution in [-0.4, -0.2) is 21.6 Å². The van der Waals surface area contributed by atoms with E-state index in [1.165, 1.54) is 5.52 Å². The molecule has 0 aliphatic heterocycles. The van der Waals surface area contributed by atoms with Crippen molar-refractivity contribution >= 4 is 16.9 Å². The van der Waals surface area contributed by atoms with Gasteiger partial charge in [0, 0.05) is 32.0 Å². The number of nitrogens with zero attached hydrogens (tertiary/aromatic N) is 4. The Morgan fingerprint density at radius 1 is 1.36 bits per heavy atom. The maximum absolute atomic E-state index is 8.87. The molecule has 22 heavy (non-hydrogen) atoms. The van der Waals surface area contributed by atoms with Crippen molar-refractivity contribution in [1.29, 1.82) is 5.26 Å². The molecule has 5 nitrogen and oxygen atoms in total. The standard InChI is InChI=1S/C17H23N5/c1-3-17-21-14-11-20-16(19-2)10-15(14)22(17)13-6-4-12(5-7-13)8-9-18/h10-13H,3-8H2,1-2H3,(H,19,20). The number of aryl methyl sites for hydroxylation is 1. The summed E-state index contributed by atoms with van der Waals surface area (Å²) in [5.74, 6) is 2.61. The van der Waals surface area contributed by atoms with Gasteiger partial charge >= 0.3 is 0 Å². The summed E-state index contributed by atoms with van der Waals surface area (Å²) >= 11 is 0. The summed E-state index contributed by atoms with van der Waals surface area (Å²) in [5.41, 5.74) is 2.16. The van der Waals surface area contributed by atoms with Gasteiger partial charge in [-0.05, 0) is 31.6 Å². The zero-order valence-electron chi connectivity index (χ0n) is 13.3. The molecule has 116 valence electrons. The first-order chi connectivity index (χ1) is 10.8. The third-order valence-electron chi connectivity index (χ3n) is 4.78. The first kappa shape index (κ1) is 14.8. The van der Waals surface area contributed by atoms with Gasteiger partial charge in [-0.2, -0.15) is 5.26 Å². The molecule has 1 aliphatic carbocycles. The third-order valence-corrected chi connectivity index (χ3v) is 4.78. The van der Waals surface area contributed by atoms with Crippen LogP contribution in [0.3, 0.4) is 0 Å². The minimum Gasteiger partial charge on any atom is -0.373 e. The summed E-state index contributed by atoms with van der Waals surface area (Å²) < 4.78 is 2.42. The molecule has 0 amide bonds. The van der Waals surface area contributed by atoms with Crippen molar-refractivity contribution in [1.82, 2.24) is 14.5 Å². The van der Waals surface area contributed by atoms with Gasteiger partial charge in [0.2, 0.25) is 0 Å². The molecular formula is C17H23N5. The minimum atomic E-state index is 0.502. The lowest BCUT2D eigenvalue weighted by Gasteiger charge is -2.29. The molecule has 1 saturated carbocycles. The Hall–Kier alpha value is -2.09. The van der Waals surface area contributed by atoms with Crippen molar-refractivity contribution in [3.63, 3.8) is 0 Å². The fraction of sp³-hybridized carbons (Fsp3) is 0.588. The number of nitriles is 1. The fourth-order valence-corrected chi connectivity index (χ4v) is 3.58. The minimum absolute atomic E-state index is 0.502. The Balaban J connectivity index is 1.94. The van der Waals surface area contributed by atoms with Crippen LogP contribution in [0.2, 0.25) is 0 Å². The summed E-state index contributed by atoms with van der Waals surface area (Å²) in [5, 5.41) is 12.0. The topological polar surface area (TPSA) is 66.5 Å². The molecule has 1 N–H and O–H groups in total. The van der Waals surface area contributed by atoms with Crippen LogP contribution in [0.5, 0.6) is 0 Å². The van der Waals surface area contributed by atoms with E-state index in [9.17, 15) is 0 Å². The van der Waals surface area contributed by atoms with Crippen LogP contribution in [0.4, 0.5) is 5.82 Å². The van der Waals surface area contributed by atoms with Gasteiger partial charge in [0.15, 0.2) is 0 Å². The molecule has 0 saturated heterocycles. The highest BCUT2D eigenvalue weighted by molar-refractivity contribution is 5.78. The van der Waals surface area contributed by atoms with E-state index < -0.39 is 0 Å². The Bertz CT molecular complexity index is 689. The van der Waals surface area contributed by atoms with E-state index in [4.69, 9.17) is 10.2 Å². The van der Waals surface area contributed by atoms with Crippen LogP contribution < -0.4 is 5.32 Å². The van der Waals surface area contributed by atoms with Crippen LogP contribution >= 0.6 is 0 Å². The van der Waals surface area contributed by atoms with Gasteiger partial charge in [-0.15, -0.1) is 0 Å². The molecule has 1 aliphatic rings. The molecule has 5 heteroatoms. The van der Waals surface area contributed by atoms with Gasteiger partial charge in [0.25, 0.3) is 0 Å². The van der Waals surface area contributed by atoms with E-state index in [0.29, 0.717) is 18.4 Å². The lowest BCUT2D eigenvalue weighted by molar-refractivity contribution is 0.278. The Kier molecular flexibility index (Phi) is 4.28. The highest BCUT2D eigenvalue weighted by Crippen LogP contribution is 2.36. The SMILES string of the molecule is CCc1nc2cnc(NC)cc2n1C1CCC(CC#N)CC1. The first-order valence-corrected chi connectivity index (χ1v) is 8.18. The van der Waals surface area contributed by atoms with Crippen molar-refractivity contribution in [2.24, 2.45) is 5.92 Å². The average Bonchev–Trinajstić information content (AvgIpc) is 2.93. The average molecular weight is 297 g/mol. The lowest BCUT2D eigenvalue weighted by atomic mass is 9.84. The van der Waals surface area contributed by atoms with E-state index in [1.807, 2.05) is 13.2 Å². The molecule has 3 rings (SSSR count). The van der Waals surface area contributed by atoms with E-state index in [1.54, 1.807) is 0 Å². The number of hydrogen-bond acceptors (Lipinski definition) is 4. The van der Waals surface area contributed by atoms with Crippen molar-refractivity contribution in [2.45, 2.75) is 51.5 Å². The van der Waals surface area contributed by atoms with E-state index in [2.05, 4.69) is 33.9 Å². The molecule has 2 aromatic rings. The van der Waals surface area contributed by atoms with Crippen LogP contribution in [0.25, 0.3) is 11.0 Å². The number of nitrogens with one attached hydrogen (secondary N) is 1. The van der Waals surface area contributed by atoms with E-state index in [-0.39, 0.29) is 0 Å². The number of aromatic nitrogens is 3. The second-order valence-corrected chi connectivity index (χ2v) is 6.10. The first-order valence-electron chi connectivity index (χ1n) is 8.18. The van der Waals surface area contributed by atoms with Crippen LogP contribution in [0.15, 0.2) is 12.3 Å². The Morgan fingerprint density at radius 2 is 2.14 bits per heavy atom. The Labute approximate surface area is 131 Å². The van der Waals surface area contributed by atoms with Crippen molar-refractivity contribution in [2.75, 3.05) is 12.4 Å². The van der Waals surface area contributed by atoms with Crippen LogP contribution in [0.1, 0.15) is 50.9 Å². The molecule has 0 spiro atoms. The maximum atomic E-state index is 8.87. The number of rotatable bonds is 4. The second-order valence-electron chi connectivity index (χ2n) is 6.10. The van der Waals surface area contributed by atoms with Crippen molar-refractivity contribution in [3.8, 4) is 6.07 Å². The molecule has 2 heterocycles. The van der Waals surface area contributed by atoms with Gasteiger partial charge < -0.3 is 9.88 Å². The lowest BCUT2D eigenvalue weighted by Crippen LogP contribution is -2.19. The third kappa shape index (κ3) is 2.66. The highest BCUT2D eigenvalue weighted by Gasteiger charge is 2.25. The molecule has 2 aromatic heterocycles. The van der Waals surface area contributed by atoms with Gasteiger partial charge in [0.05, 0.1) is 17.8 Å². The predicted molar refractivity (Wildman–Crippen MR) is 87.7 cm³/mol. The number of imidazole rings is 1. The number of hydrogen-bond donors (Lipinski definition) is 1. The number of pyridine rings is 1. The maximum Gasteiger partial charge on any atom is 0.127 e. The molecule has 0 unspecified atom stereocenters. The largest absolute Gasteiger partial charge is 0.373 e. The number of fused-ring (bicyclic) bond motifs is 1. The van der Waals surface area contributed by atoms with E-state index >= 15 is 0 Å². The summed E-state index contributed by atoms with van der Waals surface area (Å²) in [6.07, 6.45) is 8.06. The molecule has 0 atom stereocenters. The molecule has 0 bridgehead atoms. The molecule has 1 fully saturated rings. The van der Waals surface area contributed by atoms with Gasteiger partial charge in [-0.1, -0.05) is 6.92 Å². The molecular weight excluding hydrogens is 274 g/mol. The quantitative estimate of drug-likeness (QED) is 0.934. The summed E-state index contributed by atoms with van der Waals surface area (Å²) in [6.45, 7) is 2.16. The van der Waals surface area contributed by atoms with Crippen LogP contribution in [0, 0.1) is 17.2 Å². The summed E-state index contributed by atoms with van der Waals surface area (Å²) in [4.78, 5) is 9.13.